The Morgan fingerprint density at radius 1 is 1.73 bits per heavy atom. The molecule has 1 saturated heterocycles. The van der Waals surface area contributed by atoms with Gasteiger partial charge in [0.1, 0.15) is 0 Å². The van der Waals surface area contributed by atoms with E-state index in [0.717, 1.165) is 0 Å². The van der Waals surface area contributed by atoms with Gasteiger partial charge in [0.05, 0.1) is 0 Å². The summed E-state index contributed by atoms with van der Waals surface area (Å²) in [6.45, 7) is 3.56. The second kappa shape index (κ2) is 5.11. The molecule has 5 heteroatoms. The fourth-order valence-electron chi connectivity index (χ4n) is 0.863. The van der Waals surface area contributed by atoms with Crippen LogP contribution in [0.25, 0.3) is 0 Å². The molecule has 0 aromatic carbocycles. The smallest absolute Gasteiger partial charge is 0.425 e. The fraction of sp³-hybridized carbons (Fsp3) is 0.667. The van der Waals surface area contributed by atoms with Gasteiger partial charge in [0.15, 0.2) is 0 Å². The minimum atomic E-state index is -0.843. The van der Waals surface area contributed by atoms with Crippen LogP contribution in [0.5, 0.6) is 0 Å². The van der Waals surface area contributed by atoms with Crippen LogP contribution in [0.1, 0.15) is 0 Å². The van der Waals surface area contributed by atoms with Crippen molar-refractivity contribution in [1.29, 1.82) is 0 Å². The summed E-state index contributed by atoms with van der Waals surface area (Å²) in [4.78, 5) is 0. The summed E-state index contributed by atoms with van der Waals surface area (Å²) in [6, 6.07) is 0. The van der Waals surface area contributed by atoms with Crippen LogP contribution in [0, 0.1) is 43.3 Å². The topological polar surface area (TPSA) is 49.7 Å². The van der Waals surface area contributed by atoms with Crippen molar-refractivity contribution >= 4 is 12.6 Å². The molecule has 1 fully saturated rings. The maximum atomic E-state index is 9.04. The Bertz CT molecular complexity index is 122. The number of aliphatic hydroxyl groups excluding tert-OH is 2. The molecule has 0 radical (unpaired) electrons. The zero-order valence-corrected chi connectivity index (χ0v) is 11.0. The van der Waals surface area contributed by atoms with Gasteiger partial charge in [-0.2, -0.15) is 0 Å². The van der Waals surface area contributed by atoms with E-state index in [1.165, 1.54) is 0 Å². The van der Waals surface area contributed by atoms with E-state index >= 15 is 0 Å². The monoisotopic (exact) mass is 400 g/mol. The molecular weight excluding hydrogens is 390 g/mol. The summed E-state index contributed by atoms with van der Waals surface area (Å²) in [5, 5.41) is 18.4. The number of aliphatic hydroxyl groups is 2. The molecule has 1 aliphatic rings. The van der Waals surface area contributed by atoms with Crippen molar-refractivity contribution in [2.45, 2.75) is 18.3 Å². The molecule has 0 bridgehead atoms. The Morgan fingerprint density at radius 3 is 2.45 bits per heavy atom. The normalized spacial score (nSPS) is 34.9. The first kappa shape index (κ1) is 12.3. The predicted octanol–water partition coefficient (Wildman–Crippen LogP) is -0.597. The summed E-state index contributed by atoms with van der Waals surface area (Å²) >= 11 is 3.96. The van der Waals surface area contributed by atoms with Crippen LogP contribution < -0.4 is 0 Å². The minimum Gasteiger partial charge on any atom is -0.425 e. The molecule has 1 unspecified atom stereocenters. The van der Waals surface area contributed by atoms with Gasteiger partial charge in [-0.25, -0.2) is 5.25 Å². The second-order valence-corrected chi connectivity index (χ2v) is 2.78. The van der Waals surface area contributed by atoms with Gasteiger partial charge in [-0.1, -0.05) is 12.2 Å². The Balaban J connectivity index is 0.000001000. The van der Waals surface area contributed by atoms with Crippen LogP contribution in [0.2, 0.25) is 0 Å². The molecule has 0 saturated carbocycles. The van der Waals surface area contributed by atoms with Crippen LogP contribution in [0.4, 0.5) is 0 Å². The largest absolute Gasteiger partial charge is 2.00 e. The number of rotatable bonds is 1. The van der Waals surface area contributed by atoms with E-state index in [9.17, 15) is 0 Å². The van der Waals surface area contributed by atoms with Crippen molar-refractivity contribution in [3.8, 4) is 0 Å². The molecule has 1 heterocycles. The molecule has 0 aromatic heterocycles. The van der Waals surface area contributed by atoms with E-state index in [1.807, 2.05) is 0 Å². The Kier molecular flexibility index (Phi) is 5.70. The summed E-state index contributed by atoms with van der Waals surface area (Å²) in [7, 11) is 0. The zero-order chi connectivity index (χ0) is 7.72. The Labute approximate surface area is 95.3 Å². The molecule has 3 nitrogen and oxygen atoms in total. The maximum absolute atomic E-state index is 9.04. The number of thiol groups is 1. The third kappa shape index (κ3) is 2.91. The third-order valence-corrected chi connectivity index (χ3v) is 1.97. The van der Waals surface area contributed by atoms with Crippen LogP contribution >= 0.6 is 12.6 Å². The summed E-state index contributed by atoms with van der Waals surface area (Å²) in [5.74, 6) is 0. The van der Waals surface area contributed by atoms with Gasteiger partial charge in [-0.15, -0.1) is 0 Å². The molecule has 1 aliphatic heterocycles. The van der Waals surface area contributed by atoms with Crippen LogP contribution in [-0.2, 0) is 4.74 Å². The average molecular weight is 400 g/mol. The number of hydrogen-bond acceptors (Lipinski definition) is 4. The predicted molar refractivity (Wildman–Crippen MR) is 39.3 cm³/mol. The fourth-order valence-corrected chi connectivity index (χ4v) is 1.18. The van der Waals surface area contributed by atoms with E-state index in [2.05, 4.69) is 19.6 Å². The van der Waals surface area contributed by atoms with E-state index in [1.54, 1.807) is 0 Å². The Hall–Kier alpha value is 1.28. The van der Waals surface area contributed by atoms with Crippen molar-refractivity contribution < 1.29 is 46.1 Å². The van der Waals surface area contributed by atoms with Crippen molar-refractivity contribution in [3.05, 3.63) is 12.2 Å². The molecule has 3 atom stereocenters. The molecule has 0 aromatic rings. The minimum absolute atomic E-state index is 0. The molecule has 62 valence electrons. The average Bonchev–Trinajstić information content (AvgIpc) is 2.14. The van der Waals surface area contributed by atoms with Gasteiger partial charge >= 0.3 is 31.1 Å². The Morgan fingerprint density at radius 2 is 2.27 bits per heavy atom. The first-order valence-electron chi connectivity index (χ1n) is 2.99. The number of hydrogen-bond donors (Lipinski definition) is 3. The van der Waals surface area contributed by atoms with Crippen LogP contribution in [0.3, 0.4) is 0 Å². The molecular formula is C6H10O3SU. The first-order valence-corrected chi connectivity index (χ1v) is 3.44. The van der Waals surface area contributed by atoms with Gasteiger partial charge in [0.25, 0.3) is 0 Å². The molecule has 2 N–H and O–H groups in total. The number of ether oxygens (including phenoxy) is 1. The van der Waals surface area contributed by atoms with Gasteiger partial charge in [0, 0.05) is 6.61 Å². The van der Waals surface area contributed by atoms with Crippen LogP contribution in [0.15, 0.2) is 0 Å². The summed E-state index contributed by atoms with van der Waals surface area (Å²) < 4.78 is 4.96. The zero-order valence-electron chi connectivity index (χ0n) is 5.90. The van der Waals surface area contributed by atoms with Crippen molar-refractivity contribution in [3.63, 3.8) is 0 Å². The molecule has 0 aliphatic carbocycles. The third-order valence-electron chi connectivity index (χ3n) is 1.42. The van der Waals surface area contributed by atoms with Gasteiger partial charge < -0.3 is 34.5 Å². The van der Waals surface area contributed by atoms with Gasteiger partial charge in [0.2, 0.25) is 0 Å². The second-order valence-electron chi connectivity index (χ2n) is 2.26. The van der Waals surface area contributed by atoms with Crippen molar-refractivity contribution in [1.82, 2.24) is 0 Å². The van der Waals surface area contributed by atoms with Gasteiger partial charge in [-0.3, -0.25) is 0 Å². The van der Waals surface area contributed by atoms with E-state index in [-0.39, 0.29) is 37.7 Å². The van der Waals surface area contributed by atoms with Gasteiger partial charge in [-0.05, 0) is 6.10 Å². The first-order chi connectivity index (χ1) is 4.63. The SMILES string of the molecule is [CH2-]C(O)[C@H]1OC[C@H](O)[C-]1S.[U+2]. The molecule has 0 spiro atoms. The van der Waals surface area contributed by atoms with E-state index < -0.39 is 18.3 Å². The standard InChI is InChI=1S/C6H10O3S.U/c1-3(7)5-6(10)4(8)2-9-5;/h3-5,7-8,10H,1-2H2;/q-2;+2/t3?,4-,5+;/m0./s1. The summed E-state index contributed by atoms with van der Waals surface area (Å²) in [5.41, 5.74) is 0. The summed E-state index contributed by atoms with van der Waals surface area (Å²) in [6.07, 6.45) is -2.02. The van der Waals surface area contributed by atoms with Crippen LogP contribution in [-0.4, -0.2) is 35.1 Å². The molecule has 1 rings (SSSR count). The molecule has 11 heavy (non-hydrogen) atoms. The molecule has 0 amide bonds. The van der Waals surface area contributed by atoms with Crippen molar-refractivity contribution in [2.75, 3.05) is 6.61 Å². The maximum Gasteiger partial charge on any atom is 2.00 e. The van der Waals surface area contributed by atoms with Crippen molar-refractivity contribution in [2.24, 2.45) is 0 Å². The quantitative estimate of drug-likeness (QED) is 0.407. The van der Waals surface area contributed by atoms with E-state index in [4.69, 9.17) is 14.9 Å². The van der Waals surface area contributed by atoms with E-state index in [0.29, 0.717) is 5.25 Å².